The third-order valence-electron chi connectivity index (χ3n) is 13.0. The second-order valence-electron chi connectivity index (χ2n) is 17.1. The molecule has 0 radical (unpaired) electrons. The maximum absolute atomic E-state index is 2.74. The van der Waals surface area contributed by atoms with Gasteiger partial charge in [-0.3, -0.25) is 0 Å². The normalized spacial score (nSPS) is 15.2. The lowest BCUT2D eigenvalue weighted by molar-refractivity contribution is 0.661. The Hall–Kier alpha value is -3.42. The summed E-state index contributed by atoms with van der Waals surface area (Å²) in [5.74, 6) is 1.18. The summed E-state index contributed by atoms with van der Waals surface area (Å²) in [7, 11) is -2.24. The van der Waals surface area contributed by atoms with Crippen LogP contribution in [0.4, 0.5) is 0 Å². The molecule has 2 atom stereocenters. The van der Waals surface area contributed by atoms with Crippen molar-refractivity contribution >= 4 is 18.5 Å². The molecule has 53 heavy (non-hydrogen) atoms. The molecule has 1 heteroatoms. The number of hydrogen-bond donors (Lipinski definition) is 0. The second-order valence-corrected chi connectivity index (χ2v) is 21.3. The number of fused-ring (bicyclic) bond motifs is 2. The molecule has 0 nitrogen and oxygen atoms in total. The molecule has 0 saturated heterocycles. The summed E-state index contributed by atoms with van der Waals surface area (Å²) in [6.07, 6.45) is 17.6. The molecule has 4 aromatic carbocycles. The van der Waals surface area contributed by atoms with Crippen molar-refractivity contribution in [2.75, 3.05) is 0 Å². The van der Waals surface area contributed by atoms with Crippen LogP contribution in [-0.4, -0.2) is 8.07 Å². The minimum Gasteiger partial charge on any atom is -0.0655 e. The molecule has 2 aliphatic carbocycles. The van der Waals surface area contributed by atoms with Crippen molar-refractivity contribution in [3.63, 3.8) is 0 Å². The summed E-state index contributed by atoms with van der Waals surface area (Å²) < 4.78 is 0. The van der Waals surface area contributed by atoms with Crippen LogP contribution in [-0.2, 0) is 12.8 Å². The second kappa shape index (κ2) is 17.8. The average Bonchev–Trinajstić information content (AvgIpc) is 3.77. The molecule has 0 spiro atoms. The zero-order valence-corrected chi connectivity index (χ0v) is 35.6. The van der Waals surface area contributed by atoms with Gasteiger partial charge in [0.15, 0.2) is 0 Å². The Morgan fingerprint density at radius 2 is 0.887 bits per heavy atom. The minimum atomic E-state index is -2.24. The first-order valence-electron chi connectivity index (χ1n) is 21.6. The zero-order chi connectivity index (χ0) is 37.5. The van der Waals surface area contributed by atoms with E-state index >= 15 is 0 Å². The Labute approximate surface area is 325 Å². The van der Waals surface area contributed by atoms with E-state index in [9.17, 15) is 0 Å². The van der Waals surface area contributed by atoms with Crippen molar-refractivity contribution in [3.05, 3.63) is 129 Å². The number of unbranched alkanes of at least 4 members (excludes halogenated alkanes) is 6. The van der Waals surface area contributed by atoms with Gasteiger partial charge in [-0.05, 0) is 129 Å². The average molecular weight is 721 g/mol. The van der Waals surface area contributed by atoms with Crippen LogP contribution in [0.15, 0.2) is 96.1 Å². The molecule has 0 heterocycles. The van der Waals surface area contributed by atoms with Crippen LogP contribution in [0.1, 0.15) is 164 Å². The highest BCUT2D eigenvalue weighted by molar-refractivity contribution is 7.09. The monoisotopic (exact) mass is 721 g/mol. The van der Waals surface area contributed by atoms with Crippen LogP contribution in [0.5, 0.6) is 0 Å². The van der Waals surface area contributed by atoms with E-state index in [1.165, 1.54) is 110 Å². The van der Waals surface area contributed by atoms with Gasteiger partial charge in [0, 0.05) is 0 Å². The highest BCUT2D eigenvalue weighted by Crippen LogP contribution is 2.54. The first kappa shape index (κ1) is 39.3. The molecule has 0 aliphatic heterocycles. The Balaban J connectivity index is 1.53. The van der Waals surface area contributed by atoms with Gasteiger partial charge in [-0.2, -0.15) is 0 Å². The third-order valence-corrected chi connectivity index (χ3v) is 16.7. The minimum absolute atomic E-state index is 0.590. The molecular weight excluding hydrogens is 653 g/mol. The van der Waals surface area contributed by atoms with Crippen molar-refractivity contribution in [1.29, 1.82) is 0 Å². The van der Waals surface area contributed by atoms with Crippen molar-refractivity contribution < 1.29 is 0 Å². The summed E-state index contributed by atoms with van der Waals surface area (Å²) in [5.41, 5.74) is 18.4. The van der Waals surface area contributed by atoms with E-state index in [2.05, 4.69) is 140 Å². The van der Waals surface area contributed by atoms with E-state index in [0.29, 0.717) is 11.8 Å². The van der Waals surface area contributed by atoms with Crippen LogP contribution in [0.25, 0.3) is 32.6 Å². The molecule has 0 aromatic heterocycles. The largest absolute Gasteiger partial charge is 0.113 e. The van der Waals surface area contributed by atoms with Crippen molar-refractivity contribution in [3.8, 4) is 22.3 Å². The lowest BCUT2D eigenvalue weighted by Crippen LogP contribution is -2.32. The molecule has 0 N–H and O–H groups in total. The summed E-state index contributed by atoms with van der Waals surface area (Å²) in [6.45, 7) is 19.5. The summed E-state index contributed by atoms with van der Waals surface area (Å²) in [5, 5.41) is 3.53. The smallest absolute Gasteiger partial charge is 0.0655 e. The quantitative estimate of drug-likeness (QED) is 0.0709. The van der Waals surface area contributed by atoms with Crippen molar-refractivity contribution in [2.45, 2.75) is 156 Å². The van der Waals surface area contributed by atoms with Gasteiger partial charge in [-0.25, -0.2) is 0 Å². The van der Waals surface area contributed by atoms with E-state index in [1.807, 2.05) is 0 Å². The maximum atomic E-state index is 2.74. The summed E-state index contributed by atoms with van der Waals surface area (Å²) in [6, 6.07) is 33.8. The van der Waals surface area contributed by atoms with Crippen LogP contribution in [0, 0.1) is 0 Å². The first-order chi connectivity index (χ1) is 25.7. The van der Waals surface area contributed by atoms with Gasteiger partial charge in [0.25, 0.3) is 0 Å². The van der Waals surface area contributed by atoms with Gasteiger partial charge in [-0.15, -0.1) is 0 Å². The van der Waals surface area contributed by atoms with E-state index < -0.39 is 8.07 Å². The lowest BCUT2D eigenvalue weighted by Gasteiger charge is -2.33. The Kier molecular flexibility index (Phi) is 13.2. The van der Waals surface area contributed by atoms with Gasteiger partial charge in [0.05, 0.1) is 0 Å². The van der Waals surface area contributed by atoms with Gasteiger partial charge in [0.1, 0.15) is 8.07 Å². The van der Waals surface area contributed by atoms with Crippen LogP contribution >= 0.6 is 0 Å². The Morgan fingerprint density at radius 1 is 0.491 bits per heavy atom. The number of hydrogen-bond acceptors (Lipinski definition) is 0. The lowest BCUT2D eigenvalue weighted by atomic mass is 9.93. The van der Waals surface area contributed by atoms with Gasteiger partial charge in [0.2, 0.25) is 0 Å². The molecule has 2 unspecified atom stereocenters. The van der Waals surface area contributed by atoms with E-state index in [1.54, 1.807) is 43.8 Å². The molecule has 6 rings (SSSR count). The van der Waals surface area contributed by atoms with Crippen molar-refractivity contribution in [2.24, 2.45) is 0 Å². The zero-order valence-electron chi connectivity index (χ0n) is 34.6. The van der Waals surface area contributed by atoms with Crippen LogP contribution in [0.2, 0.25) is 13.1 Å². The highest BCUT2D eigenvalue weighted by Gasteiger charge is 2.43. The van der Waals surface area contributed by atoms with Gasteiger partial charge in [-0.1, -0.05) is 189 Å². The predicted molar refractivity (Wildman–Crippen MR) is 237 cm³/mol. The standard InChI is InChI=1S/C52H68Si/c1-9-13-15-17-21-45-35-43-23-19-25-47(41-31-27-39(28-32-41)37(5)11-3)49(43)51(45)53(7,8)52-46(22-18-16-14-10-2)36-44-24-20-26-48(50(44)52)42-33-29-40(30-34-42)38(6)12-4/h19-20,23-34,37-38H,9-18,21-22,35-36H2,1-8H3. The van der Waals surface area contributed by atoms with E-state index in [0.717, 1.165) is 12.8 Å². The predicted octanol–water partition coefficient (Wildman–Crippen LogP) is 16.1. The first-order valence-corrected chi connectivity index (χ1v) is 24.6. The van der Waals surface area contributed by atoms with E-state index in [-0.39, 0.29) is 0 Å². The summed E-state index contributed by atoms with van der Waals surface area (Å²) >= 11 is 0. The number of allylic oxidation sites excluding steroid dienone is 2. The molecule has 4 aromatic rings. The topological polar surface area (TPSA) is 0 Å². The third kappa shape index (κ3) is 8.32. The molecular formula is C52H68Si. The van der Waals surface area contributed by atoms with Gasteiger partial charge < -0.3 is 0 Å². The van der Waals surface area contributed by atoms with Crippen LogP contribution in [0.3, 0.4) is 0 Å². The van der Waals surface area contributed by atoms with E-state index in [4.69, 9.17) is 0 Å². The fourth-order valence-electron chi connectivity index (χ4n) is 9.60. The molecule has 0 saturated carbocycles. The molecule has 280 valence electrons. The Bertz CT molecular complexity index is 1760. The maximum Gasteiger partial charge on any atom is 0.113 e. The Morgan fingerprint density at radius 3 is 1.25 bits per heavy atom. The number of benzene rings is 4. The fraction of sp³-hybridized carbons (Fsp3) is 0.462. The van der Waals surface area contributed by atoms with Crippen molar-refractivity contribution in [1.82, 2.24) is 0 Å². The molecule has 0 bridgehead atoms. The molecule has 0 fully saturated rings. The molecule has 2 aliphatic rings. The number of rotatable bonds is 18. The molecule has 0 amide bonds. The highest BCUT2D eigenvalue weighted by atomic mass is 28.3. The SMILES string of the molecule is CCCCCCC1=C([Si](C)(C)C2=C(CCCCCC)Cc3cccc(-c4ccc(C(C)CC)cc4)c32)c2c(cccc2-c2ccc(C(C)CC)cc2)C1. The van der Waals surface area contributed by atoms with Crippen LogP contribution < -0.4 is 0 Å². The summed E-state index contributed by atoms with van der Waals surface area (Å²) in [4.78, 5) is 0. The fourth-order valence-corrected chi connectivity index (χ4v) is 13.9. The van der Waals surface area contributed by atoms with Gasteiger partial charge >= 0.3 is 0 Å².